The zero-order chi connectivity index (χ0) is 4.99. The molecule has 0 saturated carbocycles. The summed E-state index contributed by atoms with van der Waals surface area (Å²) in [7, 11) is 0. The van der Waals surface area contributed by atoms with Crippen LogP contribution in [-0.2, 0) is 4.79 Å². The lowest BCUT2D eigenvalue weighted by molar-refractivity contribution is -0.107. The van der Waals surface area contributed by atoms with Crippen molar-refractivity contribution in [2.24, 2.45) is 0 Å². The van der Waals surface area contributed by atoms with E-state index in [-0.39, 0.29) is 0 Å². The predicted octanol–water partition coefficient (Wildman–Crippen LogP) is 1.50. The average Bonchev–Trinajstić information content (AvgIpc) is 1.35. The maximum atomic E-state index is 9.64. The normalized spacial score (nSPS) is 9.67. The second-order valence-electron chi connectivity index (χ2n) is 0.597. The first-order chi connectivity index (χ1) is 2.77. The van der Waals surface area contributed by atoms with Crippen molar-refractivity contribution in [1.29, 1.82) is 0 Å². The number of hydrogen-bond donors (Lipinski definition) is 0. The first kappa shape index (κ1) is 5.99. The van der Waals surface area contributed by atoms with Crippen LogP contribution in [0, 0.1) is 0 Å². The lowest BCUT2D eigenvalue weighted by Crippen LogP contribution is -1.69. The Kier molecular flexibility index (Phi) is 3.19. The predicted molar refractivity (Wildman–Crippen MR) is 25.9 cm³/mol. The van der Waals surface area contributed by atoms with Crippen molar-refractivity contribution in [3.05, 3.63) is 11.6 Å². The van der Waals surface area contributed by atoms with Gasteiger partial charge in [-0.25, -0.2) is 0 Å². The molecule has 0 bridgehead atoms. The van der Waals surface area contributed by atoms with Crippen molar-refractivity contribution in [2.75, 3.05) is 0 Å². The Morgan fingerprint density at radius 3 is 2.17 bits per heavy atom. The van der Waals surface area contributed by atoms with Crippen molar-refractivity contribution >= 4 is 28.4 Å². The van der Waals surface area contributed by atoms with E-state index in [2.05, 4.69) is 0 Å². The SMILES string of the molecule is O=C(Cl)/C=C\Cl. The molecule has 6 heavy (non-hydrogen) atoms. The molecule has 0 aromatic carbocycles. The quantitative estimate of drug-likeness (QED) is 0.383. The van der Waals surface area contributed by atoms with E-state index in [0.29, 0.717) is 0 Å². The van der Waals surface area contributed by atoms with Gasteiger partial charge in [-0.3, -0.25) is 4.79 Å². The first-order valence-corrected chi connectivity index (χ1v) is 2.05. The Labute approximate surface area is 45.5 Å². The van der Waals surface area contributed by atoms with Crippen molar-refractivity contribution in [3.63, 3.8) is 0 Å². The van der Waals surface area contributed by atoms with E-state index < -0.39 is 5.24 Å². The average molecular weight is 125 g/mol. The highest BCUT2D eigenvalue weighted by Crippen LogP contribution is 1.83. The molecule has 0 aliphatic heterocycles. The summed E-state index contributed by atoms with van der Waals surface area (Å²) in [6.07, 6.45) is 1.06. The molecule has 0 saturated heterocycles. The van der Waals surface area contributed by atoms with E-state index in [1.807, 2.05) is 0 Å². The molecule has 0 aliphatic carbocycles. The second-order valence-corrected chi connectivity index (χ2v) is 1.22. The highest BCUT2D eigenvalue weighted by molar-refractivity contribution is 6.66. The van der Waals surface area contributed by atoms with Gasteiger partial charge < -0.3 is 0 Å². The van der Waals surface area contributed by atoms with Gasteiger partial charge in [0.2, 0.25) is 5.24 Å². The molecule has 0 N–H and O–H groups in total. The molecule has 3 heteroatoms. The molecule has 0 atom stereocenters. The summed E-state index contributed by atoms with van der Waals surface area (Å²) in [5, 5.41) is -0.551. The fraction of sp³-hybridized carbons (Fsp3) is 0. The summed E-state index contributed by atoms with van der Waals surface area (Å²) in [6.45, 7) is 0. The van der Waals surface area contributed by atoms with E-state index >= 15 is 0 Å². The third-order valence-electron chi connectivity index (χ3n) is 0.194. The minimum absolute atomic E-state index is 0.551. The molecule has 0 aromatic rings. The van der Waals surface area contributed by atoms with Crippen LogP contribution in [0.3, 0.4) is 0 Å². The molecular weight excluding hydrogens is 123 g/mol. The summed E-state index contributed by atoms with van der Waals surface area (Å²) in [4.78, 5) is 9.64. The van der Waals surface area contributed by atoms with Gasteiger partial charge in [-0.1, -0.05) is 11.6 Å². The van der Waals surface area contributed by atoms with Crippen LogP contribution in [-0.4, -0.2) is 5.24 Å². The standard InChI is InChI=1S/C3H2Cl2O/c4-2-1-3(5)6/h1-2H/b2-1-. The molecule has 34 valence electrons. The van der Waals surface area contributed by atoms with Crippen LogP contribution >= 0.6 is 23.2 Å². The second kappa shape index (κ2) is 3.19. The Balaban J connectivity index is 3.30. The topological polar surface area (TPSA) is 17.1 Å². The minimum atomic E-state index is -0.551. The number of halogens is 2. The van der Waals surface area contributed by atoms with Gasteiger partial charge in [0.1, 0.15) is 0 Å². The van der Waals surface area contributed by atoms with Gasteiger partial charge in [0.05, 0.1) is 0 Å². The molecule has 0 unspecified atom stereocenters. The summed E-state index contributed by atoms with van der Waals surface area (Å²) in [5.74, 6) is 0. The molecule has 0 spiro atoms. The van der Waals surface area contributed by atoms with E-state index in [1.54, 1.807) is 0 Å². The molecule has 0 rings (SSSR count). The summed E-state index contributed by atoms with van der Waals surface area (Å²) < 4.78 is 0. The van der Waals surface area contributed by atoms with Gasteiger partial charge >= 0.3 is 0 Å². The van der Waals surface area contributed by atoms with Crippen LogP contribution in [0.5, 0.6) is 0 Å². The van der Waals surface area contributed by atoms with Crippen LogP contribution < -0.4 is 0 Å². The third kappa shape index (κ3) is 3.99. The molecular formula is C3H2Cl2O. The van der Waals surface area contributed by atoms with Crippen LogP contribution in [0.1, 0.15) is 0 Å². The van der Waals surface area contributed by atoms with Crippen LogP contribution in [0.4, 0.5) is 0 Å². The van der Waals surface area contributed by atoms with Gasteiger partial charge in [0.25, 0.3) is 0 Å². The lowest BCUT2D eigenvalue weighted by atomic mass is 10.7. The molecule has 0 fully saturated rings. The molecule has 0 aliphatic rings. The Bertz CT molecular complexity index is 76.9. The van der Waals surface area contributed by atoms with Crippen molar-refractivity contribution < 1.29 is 4.79 Å². The van der Waals surface area contributed by atoms with Crippen molar-refractivity contribution in [1.82, 2.24) is 0 Å². The smallest absolute Gasteiger partial charge is 0.246 e. The van der Waals surface area contributed by atoms with Crippen LogP contribution in [0.15, 0.2) is 11.6 Å². The van der Waals surface area contributed by atoms with Crippen LogP contribution in [0.25, 0.3) is 0 Å². The fourth-order valence-corrected chi connectivity index (χ4v) is 0.291. The number of rotatable bonds is 1. The maximum absolute atomic E-state index is 9.64. The summed E-state index contributed by atoms with van der Waals surface area (Å²) >= 11 is 9.68. The van der Waals surface area contributed by atoms with Crippen molar-refractivity contribution in [2.45, 2.75) is 0 Å². The number of carbonyl (C=O) groups excluding carboxylic acids is 1. The zero-order valence-electron chi connectivity index (χ0n) is 2.82. The monoisotopic (exact) mass is 124 g/mol. The lowest BCUT2D eigenvalue weighted by Gasteiger charge is -1.63. The molecule has 0 amide bonds. The van der Waals surface area contributed by atoms with Gasteiger partial charge in [0.15, 0.2) is 0 Å². The van der Waals surface area contributed by atoms with E-state index in [4.69, 9.17) is 23.2 Å². The Morgan fingerprint density at radius 2 is 2.17 bits per heavy atom. The van der Waals surface area contributed by atoms with Crippen molar-refractivity contribution in [3.8, 4) is 0 Å². The molecule has 1 nitrogen and oxygen atoms in total. The largest absolute Gasteiger partial charge is 0.276 e. The zero-order valence-corrected chi connectivity index (χ0v) is 4.33. The Hall–Kier alpha value is -0.0100. The highest BCUT2D eigenvalue weighted by Gasteiger charge is 1.78. The number of hydrogen-bond acceptors (Lipinski definition) is 1. The Morgan fingerprint density at radius 1 is 1.67 bits per heavy atom. The third-order valence-corrected chi connectivity index (χ3v) is 0.446. The first-order valence-electron chi connectivity index (χ1n) is 1.23. The number of allylic oxidation sites excluding steroid dienone is 1. The van der Waals surface area contributed by atoms with Gasteiger partial charge in [0, 0.05) is 11.6 Å². The molecule has 0 heterocycles. The minimum Gasteiger partial charge on any atom is -0.276 e. The van der Waals surface area contributed by atoms with E-state index in [9.17, 15) is 4.79 Å². The summed E-state index contributed by atoms with van der Waals surface area (Å²) in [5.41, 5.74) is 1.06. The highest BCUT2D eigenvalue weighted by atomic mass is 35.5. The van der Waals surface area contributed by atoms with Crippen LogP contribution in [0.2, 0.25) is 0 Å². The molecule has 0 aromatic heterocycles. The molecule has 0 radical (unpaired) electrons. The summed E-state index contributed by atoms with van der Waals surface area (Å²) in [6, 6.07) is 0. The fourth-order valence-electron chi connectivity index (χ4n) is 0.0495. The van der Waals surface area contributed by atoms with Gasteiger partial charge in [-0.2, -0.15) is 0 Å². The van der Waals surface area contributed by atoms with Gasteiger partial charge in [-0.05, 0) is 11.6 Å². The van der Waals surface area contributed by atoms with E-state index in [1.165, 1.54) is 0 Å². The maximum Gasteiger partial charge on any atom is 0.246 e. The van der Waals surface area contributed by atoms with E-state index in [0.717, 1.165) is 11.6 Å². The van der Waals surface area contributed by atoms with Gasteiger partial charge in [-0.15, -0.1) is 0 Å². The number of carbonyl (C=O) groups is 1.